The van der Waals surface area contributed by atoms with E-state index < -0.39 is 0 Å². The van der Waals surface area contributed by atoms with Crippen LogP contribution in [0.25, 0.3) is 0 Å². The van der Waals surface area contributed by atoms with E-state index in [0.717, 1.165) is 23.3 Å². The van der Waals surface area contributed by atoms with E-state index in [1.54, 1.807) is 11.8 Å². The van der Waals surface area contributed by atoms with Gasteiger partial charge in [-0.3, -0.25) is 4.79 Å². The van der Waals surface area contributed by atoms with Crippen LogP contribution in [0.3, 0.4) is 0 Å². The molecule has 0 saturated carbocycles. The molecule has 1 atom stereocenters. The van der Waals surface area contributed by atoms with Crippen molar-refractivity contribution in [3.8, 4) is 0 Å². The van der Waals surface area contributed by atoms with Crippen LogP contribution < -0.4 is 0 Å². The number of fused-ring (bicyclic) bond motifs is 1. The van der Waals surface area contributed by atoms with E-state index in [-0.39, 0.29) is 5.41 Å². The highest BCUT2D eigenvalue weighted by molar-refractivity contribution is 8.03. The lowest BCUT2D eigenvalue weighted by Gasteiger charge is -2.31. The van der Waals surface area contributed by atoms with Crippen molar-refractivity contribution in [2.24, 2.45) is 5.41 Å². The summed E-state index contributed by atoms with van der Waals surface area (Å²) < 4.78 is 0. The van der Waals surface area contributed by atoms with E-state index >= 15 is 0 Å². The summed E-state index contributed by atoms with van der Waals surface area (Å²) in [5.74, 6) is 0.310. The van der Waals surface area contributed by atoms with Crippen LogP contribution in [0.4, 0.5) is 0 Å². The Morgan fingerprint density at radius 3 is 2.89 bits per heavy atom. The molecule has 0 aromatic heterocycles. The maximum absolute atomic E-state index is 12.6. The van der Waals surface area contributed by atoms with E-state index in [4.69, 9.17) is 0 Å². The molecule has 0 saturated heterocycles. The zero-order chi connectivity index (χ0) is 12.8. The summed E-state index contributed by atoms with van der Waals surface area (Å²) in [7, 11) is 0. The Bertz CT molecular complexity index is 583. The lowest BCUT2D eigenvalue weighted by Crippen LogP contribution is -2.31. The third-order valence-electron chi connectivity index (χ3n) is 3.99. The molecule has 92 valence electrons. The number of benzene rings is 1. The van der Waals surface area contributed by atoms with E-state index in [0.29, 0.717) is 5.78 Å². The highest BCUT2D eigenvalue weighted by atomic mass is 32.2. The molecule has 1 nitrogen and oxygen atoms in total. The first-order valence-electron chi connectivity index (χ1n) is 6.37. The summed E-state index contributed by atoms with van der Waals surface area (Å²) in [5.41, 5.74) is 1.99. The van der Waals surface area contributed by atoms with Crippen molar-refractivity contribution in [3.63, 3.8) is 0 Å². The standard InChI is InChI=1S/C16H16OS/c1-3-16(2)9-8-14-12(15(16)17)10-11-6-4-5-7-13(11)18-14/h4-9H,3,10H2,1-2H3. The van der Waals surface area contributed by atoms with Gasteiger partial charge < -0.3 is 0 Å². The highest BCUT2D eigenvalue weighted by Crippen LogP contribution is 2.45. The summed E-state index contributed by atoms with van der Waals surface area (Å²) in [5, 5.41) is 0. The van der Waals surface area contributed by atoms with Crippen molar-refractivity contribution >= 4 is 17.5 Å². The summed E-state index contributed by atoms with van der Waals surface area (Å²) in [6.45, 7) is 4.12. The Labute approximate surface area is 112 Å². The van der Waals surface area contributed by atoms with Crippen LogP contribution in [0.5, 0.6) is 0 Å². The molecule has 0 amide bonds. The summed E-state index contributed by atoms with van der Waals surface area (Å²) in [6, 6.07) is 8.37. The lowest BCUT2D eigenvalue weighted by molar-refractivity contribution is -0.122. The van der Waals surface area contributed by atoms with Gasteiger partial charge in [0.15, 0.2) is 5.78 Å². The second-order valence-corrected chi connectivity index (χ2v) is 6.25. The average molecular weight is 256 g/mol. The van der Waals surface area contributed by atoms with Crippen molar-refractivity contribution in [3.05, 3.63) is 52.5 Å². The maximum Gasteiger partial charge on any atom is 0.169 e. The van der Waals surface area contributed by atoms with Gasteiger partial charge in [-0.2, -0.15) is 0 Å². The van der Waals surface area contributed by atoms with Crippen molar-refractivity contribution in [2.75, 3.05) is 0 Å². The fraction of sp³-hybridized carbons (Fsp3) is 0.312. The van der Waals surface area contributed by atoms with Crippen LogP contribution in [0.1, 0.15) is 25.8 Å². The predicted octanol–water partition coefficient (Wildman–Crippen LogP) is 4.14. The van der Waals surface area contributed by atoms with E-state index in [9.17, 15) is 4.79 Å². The van der Waals surface area contributed by atoms with Gasteiger partial charge in [-0.15, -0.1) is 0 Å². The molecule has 1 aliphatic carbocycles. The zero-order valence-electron chi connectivity index (χ0n) is 10.7. The molecule has 1 aromatic carbocycles. The topological polar surface area (TPSA) is 17.1 Å². The molecule has 1 unspecified atom stereocenters. The van der Waals surface area contributed by atoms with Gasteiger partial charge in [0.05, 0.1) is 0 Å². The fourth-order valence-electron chi connectivity index (χ4n) is 2.49. The predicted molar refractivity (Wildman–Crippen MR) is 75.6 cm³/mol. The second kappa shape index (κ2) is 4.13. The molecular formula is C16H16OS. The van der Waals surface area contributed by atoms with Crippen molar-refractivity contribution in [1.29, 1.82) is 0 Å². The Morgan fingerprint density at radius 1 is 1.33 bits per heavy atom. The molecule has 3 rings (SSSR count). The summed E-state index contributed by atoms with van der Waals surface area (Å²) in [6.07, 6.45) is 5.87. The first-order chi connectivity index (χ1) is 8.64. The van der Waals surface area contributed by atoms with E-state index in [2.05, 4.69) is 37.3 Å². The molecule has 0 N–H and O–H groups in total. The molecule has 1 heterocycles. The number of allylic oxidation sites excluding steroid dienone is 3. The van der Waals surface area contributed by atoms with Crippen LogP contribution in [-0.4, -0.2) is 5.78 Å². The van der Waals surface area contributed by atoms with Crippen LogP contribution in [0.15, 0.2) is 51.8 Å². The van der Waals surface area contributed by atoms with Crippen molar-refractivity contribution < 1.29 is 4.79 Å². The SMILES string of the molecule is CCC1(C)C=CC2=C(Cc3ccccc3S2)C1=O. The molecule has 1 aromatic rings. The van der Waals surface area contributed by atoms with Gasteiger partial charge in [-0.1, -0.05) is 49.0 Å². The number of ketones is 1. The maximum atomic E-state index is 12.6. The molecule has 2 heteroatoms. The number of thioether (sulfide) groups is 1. The fourth-order valence-corrected chi connectivity index (χ4v) is 3.57. The van der Waals surface area contributed by atoms with Crippen LogP contribution >= 0.6 is 11.8 Å². The quantitative estimate of drug-likeness (QED) is 0.751. The molecule has 18 heavy (non-hydrogen) atoms. The lowest BCUT2D eigenvalue weighted by atomic mass is 9.75. The van der Waals surface area contributed by atoms with Crippen molar-refractivity contribution in [2.45, 2.75) is 31.6 Å². The third kappa shape index (κ3) is 1.67. The average Bonchev–Trinajstić information content (AvgIpc) is 2.42. The smallest absolute Gasteiger partial charge is 0.169 e. The number of Topliss-reactive ketones (excluding diaryl/α,β-unsaturated/α-hetero) is 1. The third-order valence-corrected chi connectivity index (χ3v) is 5.21. The van der Waals surface area contributed by atoms with Gasteiger partial charge in [0.2, 0.25) is 0 Å². The number of rotatable bonds is 1. The van der Waals surface area contributed by atoms with Crippen LogP contribution in [-0.2, 0) is 11.2 Å². The first-order valence-corrected chi connectivity index (χ1v) is 7.18. The molecule has 0 spiro atoms. The Morgan fingerprint density at radius 2 is 2.11 bits per heavy atom. The number of hydrogen-bond donors (Lipinski definition) is 0. The molecule has 0 fully saturated rings. The number of hydrogen-bond acceptors (Lipinski definition) is 2. The monoisotopic (exact) mass is 256 g/mol. The largest absolute Gasteiger partial charge is 0.294 e. The normalized spacial score (nSPS) is 26.0. The van der Waals surface area contributed by atoms with Gasteiger partial charge in [-0.25, -0.2) is 0 Å². The Hall–Kier alpha value is -1.28. The van der Waals surface area contributed by atoms with E-state index in [1.165, 1.54) is 10.5 Å². The van der Waals surface area contributed by atoms with Crippen molar-refractivity contribution in [1.82, 2.24) is 0 Å². The van der Waals surface area contributed by atoms with Gasteiger partial charge in [0, 0.05) is 27.2 Å². The summed E-state index contributed by atoms with van der Waals surface area (Å²) in [4.78, 5) is 15.0. The Kier molecular flexibility index (Phi) is 2.70. The van der Waals surface area contributed by atoms with Gasteiger partial charge in [0.25, 0.3) is 0 Å². The molecule has 1 aliphatic heterocycles. The highest BCUT2D eigenvalue weighted by Gasteiger charge is 2.36. The minimum Gasteiger partial charge on any atom is -0.294 e. The molecule has 0 radical (unpaired) electrons. The van der Waals surface area contributed by atoms with Crippen LogP contribution in [0, 0.1) is 5.41 Å². The van der Waals surface area contributed by atoms with Gasteiger partial charge in [0.1, 0.15) is 0 Å². The number of carbonyl (C=O) groups is 1. The van der Waals surface area contributed by atoms with Crippen LogP contribution in [0.2, 0.25) is 0 Å². The molecular weight excluding hydrogens is 240 g/mol. The first kappa shape index (κ1) is 11.8. The summed E-state index contributed by atoms with van der Waals surface area (Å²) >= 11 is 1.73. The van der Waals surface area contributed by atoms with Gasteiger partial charge >= 0.3 is 0 Å². The zero-order valence-corrected chi connectivity index (χ0v) is 11.5. The minimum atomic E-state index is -0.300. The Balaban J connectivity index is 2.03. The molecule has 0 bridgehead atoms. The van der Waals surface area contributed by atoms with E-state index in [1.807, 2.05) is 13.0 Å². The molecule has 2 aliphatic rings. The second-order valence-electron chi connectivity index (χ2n) is 5.16. The minimum absolute atomic E-state index is 0.300. The number of carbonyl (C=O) groups excluding carboxylic acids is 1. The van der Waals surface area contributed by atoms with Gasteiger partial charge in [-0.05, 0) is 25.0 Å².